The number of carbonyl (C=O) groups is 3. The minimum absolute atomic E-state index is 0.0194. The second-order valence-corrected chi connectivity index (χ2v) is 8.86. The molecule has 3 aliphatic carbocycles. The highest BCUT2D eigenvalue weighted by Gasteiger charge is 2.33. The van der Waals surface area contributed by atoms with Gasteiger partial charge in [-0.05, 0) is 71.2 Å². The fraction of sp³-hybridized carbons (Fsp3) is 0.0645. The van der Waals surface area contributed by atoms with Crippen LogP contribution in [-0.4, -0.2) is 22.5 Å². The minimum Gasteiger partial charge on any atom is -0.507 e. The Balaban J connectivity index is 1.23. The maximum absolute atomic E-state index is 12.9. The number of hydrogen-bond donors (Lipinski definition) is 1. The van der Waals surface area contributed by atoms with Gasteiger partial charge in [-0.2, -0.15) is 0 Å². The fourth-order valence-corrected chi connectivity index (χ4v) is 4.95. The number of carbonyl (C=O) groups excluding carboxylic acids is 3. The van der Waals surface area contributed by atoms with Crippen molar-refractivity contribution in [3.8, 4) is 0 Å². The largest absolute Gasteiger partial charge is 0.507 e. The number of benzene rings is 3. The molecule has 0 aromatic heterocycles. The van der Waals surface area contributed by atoms with Crippen LogP contribution in [0.5, 0.6) is 0 Å². The highest BCUT2D eigenvalue weighted by atomic mass is 16.3. The molecule has 0 fully saturated rings. The van der Waals surface area contributed by atoms with E-state index in [1.165, 1.54) is 6.08 Å². The molecule has 0 heterocycles. The molecule has 3 aromatic carbocycles. The Labute approximate surface area is 201 Å². The molecular formula is C31H20O4. The van der Waals surface area contributed by atoms with E-state index in [0.29, 0.717) is 22.3 Å². The molecular weight excluding hydrogens is 436 g/mol. The summed E-state index contributed by atoms with van der Waals surface area (Å²) in [5.41, 5.74) is 4.42. The van der Waals surface area contributed by atoms with Crippen LogP contribution in [0, 0.1) is 0 Å². The molecule has 0 atom stereocenters. The Morgan fingerprint density at radius 3 is 2.14 bits per heavy atom. The number of rotatable bonds is 3. The van der Waals surface area contributed by atoms with Gasteiger partial charge < -0.3 is 5.11 Å². The molecule has 0 amide bonds. The van der Waals surface area contributed by atoms with Gasteiger partial charge in [0.2, 0.25) is 0 Å². The number of aliphatic hydroxyl groups excluding tert-OH is 1. The lowest BCUT2D eigenvalue weighted by Gasteiger charge is -2.12. The predicted molar refractivity (Wildman–Crippen MR) is 137 cm³/mol. The zero-order valence-electron chi connectivity index (χ0n) is 18.7. The van der Waals surface area contributed by atoms with Crippen molar-refractivity contribution in [2.45, 2.75) is 12.8 Å². The third kappa shape index (κ3) is 3.34. The molecule has 0 aliphatic heterocycles. The zero-order chi connectivity index (χ0) is 24.1. The lowest BCUT2D eigenvalue weighted by atomic mass is 9.92. The van der Waals surface area contributed by atoms with E-state index in [4.69, 9.17) is 0 Å². The Kier molecular flexibility index (Phi) is 4.82. The highest BCUT2D eigenvalue weighted by molar-refractivity contribution is 6.40. The number of ketones is 3. The van der Waals surface area contributed by atoms with E-state index in [1.807, 2.05) is 42.5 Å². The maximum Gasteiger partial charge on any atom is 0.197 e. The van der Waals surface area contributed by atoms with E-state index in [9.17, 15) is 19.5 Å². The third-order valence-electron chi connectivity index (χ3n) is 6.77. The molecule has 4 nitrogen and oxygen atoms in total. The Morgan fingerprint density at radius 1 is 0.743 bits per heavy atom. The van der Waals surface area contributed by atoms with Gasteiger partial charge in [0.1, 0.15) is 5.76 Å². The van der Waals surface area contributed by atoms with Crippen molar-refractivity contribution < 1.29 is 19.5 Å². The first-order chi connectivity index (χ1) is 17.0. The number of allylic oxidation sites excluding steroid dienone is 8. The van der Waals surface area contributed by atoms with Crippen LogP contribution in [0.1, 0.15) is 54.2 Å². The highest BCUT2D eigenvalue weighted by Crippen LogP contribution is 2.35. The summed E-state index contributed by atoms with van der Waals surface area (Å²) in [6.07, 6.45) is 13.9. The molecule has 0 bridgehead atoms. The van der Waals surface area contributed by atoms with Crippen molar-refractivity contribution in [1.82, 2.24) is 0 Å². The predicted octanol–water partition coefficient (Wildman–Crippen LogP) is 6.38. The first-order valence-electron chi connectivity index (χ1n) is 11.5. The number of fused-ring (bicyclic) bond motifs is 4. The third-order valence-corrected chi connectivity index (χ3v) is 6.77. The van der Waals surface area contributed by atoms with E-state index >= 15 is 0 Å². The first kappa shape index (κ1) is 21.0. The van der Waals surface area contributed by atoms with E-state index < -0.39 is 0 Å². The molecule has 168 valence electrons. The van der Waals surface area contributed by atoms with Crippen LogP contribution >= 0.6 is 0 Å². The summed E-state index contributed by atoms with van der Waals surface area (Å²) in [5, 5.41) is 12.5. The van der Waals surface area contributed by atoms with Crippen molar-refractivity contribution in [3.05, 3.63) is 130 Å². The SMILES string of the molecule is O=C1C(=C/C=C/C=C/C2=C(O)c3cc4c(cc3C2=O)C=CCC4)C(=O)c2cc3ccccc3cc21. The van der Waals surface area contributed by atoms with Gasteiger partial charge in [0.05, 0.1) is 11.1 Å². The smallest absolute Gasteiger partial charge is 0.197 e. The van der Waals surface area contributed by atoms with Crippen molar-refractivity contribution in [1.29, 1.82) is 0 Å². The lowest BCUT2D eigenvalue weighted by molar-refractivity contribution is 0.0986. The molecule has 35 heavy (non-hydrogen) atoms. The zero-order valence-corrected chi connectivity index (χ0v) is 18.7. The standard InChI is InChI=1S/C31H20O4/c32-28-22(29(33)25-15-19-9-5-4-8-18(19)14-24(25)28)12-2-1-3-13-23-30(34)26-16-20-10-6-7-11-21(20)17-27(26)31(23)35/h1-6,8-10,12-17,35H,7,11H2/b2-1+,13-3+. The summed E-state index contributed by atoms with van der Waals surface area (Å²) in [6.45, 7) is 0. The summed E-state index contributed by atoms with van der Waals surface area (Å²) in [5.74, 6) is -0.812. The Hall–Kier alpha value is -4.57. The average molecular weight is 456 g/mol. The second kappa shape index (κ2) is 8.03. The van der Waals surface area contributed by atoms with Crippen LogP contribution in [0.2, 0.25) is 0 Å². The van der Waals surface area contributed by atoms with Gasteiger partial charge in [-0.15, -0.1) is 0 Å². The lowest BCUT2D eigenvalue weighted by Crippen LogP contribution is -2.01. The van der Waals surface area contributed by atoms with Gasteiger partial charge >= 0.3 is 0 Å². The maximum atomic E-state index is 12.9. The fourth-order valence-electron chi connectivity index (χ4n) is 4.95. The van der Waals surface area contributed by atoms with Crippen LogP contribution in [0.4, 0.5) is 0 Å². The van der Waals surface area contributed by atoms with Crippen LogP contribution < -0.4 is 0 Å². The molecule has 0 spiro atoms. The monoisotopic (exact) mass is 456 g/mol. The van der Waals surface area contributed by atoms with Crippen LogP contribution in [-0.2, 0) is 6.42 Å². The molecule has 4 heteroatoms. The Bertz CT molecular complexity index is 1580. The molecule has 0 saturated heterocycles. The summed E-state index contributed by atoms with van der Waals surface area (Å²) in [6, 6.07) is 14.9. The molecule has 0 radical (unpaired) electrons. The number of Topliss-reactive ketones (excluding diaryl/α,β-unsaturated/α-hetero) is 3. The van der Waals surface area contributed by atoms with Crippen molar-refractivity contribution in [2.75, 3.05) is 0 Å². The van der Waals surface area contributed by atoms with E-state index in [1.54, 1.807) is 36.4 Å². The van der Waals surface area contributed by atoms with Gasteiger partial charge in [-0.1, -0.05) is 54.6 Å². The average Bonchev–Trinajstić information content (AvgIpc) is 3.25. The van der Waals surface area contributed by atoms with Crippen molar-refractivity contribution in [3.63, 3.8) is 0 Å². The molecule has 3 aliphatic rings. The number of hydrogen-bond acceptors (Lipinski definition) is 4. The Morgan fingerprint density at radius 2 is 1.43 bits per heavy atom. The first-order valence-corrected chi connectivity index (χ1v) is 11.5. The van der Waals surface area contributed by atoms with E-state index in [-0.39, 0.29) is 34.3 Å². The van der Waals surface area contributed by atoms with Crippen LogP contribution in [0.25, 0.3) is 22.6 Å². The number of aliphatic hydroxyl groups is 1. The molecule has 6 rings (SSSR count). The van der Waals surface area contributed by atoms with Crippen LogP contribution in [0.3, 0.4) is 0 Å². The van der Waals surface area contributed by atoms with Gasteiger partial charge in [0.15, 0.2) is 17.3 Å². The van der Waals surface area contributed by atoms with Gasteiger partial charge in [0.25, 0.3) is 0 Å². The minimum atomic E-state index is -0.288. The topological polar surface area (TPSA) is 71.4 Å². The summed E-state index contributed by atoms with van der Waals surface area (Å²) in [7, 11) is 0. The van der Waals surface area contributed by atoms with Gasteiger partial charge in [-0.3, -0.25) is 14.4 Å². The summed E-state index contributed by atoms with van der Waals surface area (Å²) >= 11 is 0. The van der Waals surface area contributed by atoms with Crippen molar-refractivity contribution in [2.24, 2.45) is 0 Å². The summed E-state index contributed by atoms with van der Waals surface area (Å²) in [4.78, 5) is 38.5. The van der Waals surface area contributed by atoms with E-state index in [0.717, 1.165) is 34.7 Å². The number of aryl methyl sites for hydroxylation is 1. The van der Waals surface area contributed by atoms with Crippen LogP contribution in [0.15, 0.2) is 96.1 Å². The van der Waals surface area contributed by atoms with Crippen molar-refractivity contribution >= 4 is 40.0 Å². The van der Waals surface area contributed by atoms with Gasteiger partial charge in [-0.25, -0.2) is 0 Å². The van der Waals surface area contributed by atoms with E-state index in [2.05, 4.69) is 6.08 Å². The molecule has 0 unspecified atom stereocenters. The van der Waals surface area contributed by atoms with Gasteiger partial charge in [0, 0.05) is 22.3 Å². The molecule has 3 aromatic rings. The summed E-state index contributed by atoms with van der Waals surface area (Å²) < 4.78 is 0. The quantitative estimate of drug-likeness (QED) is 0.282. The molecule has 0 saturated carbocycles. The second-order valence-electron chi connectivity index (χ2n) is 8.86. The normalized spacial score (nSPS) is 16.7. The molecule has 1 N–H and O–H groups in total.